The quantitative estimate of drug-likeness (QED) is 0.428. The van der Waals surface area contributed by atoms with Crippen LogP contribution in [0.2, 0.25) is 0 Å². The van der Waals surface area contributed by atoms with Crippen LogP contribution >= 0.6 is 34.8 Å². The summed E-state index contributed by atoms with van der Waals surface area (Å²) in [6.07, 6.45) is 0. The van der Waals surface area contributed by atoms with Crippen molar-refractivity contribution in [1.29, 1.82) is 0 Å². The molecule has 0 radical (unpaired) electrons. The number of hydrogen-bond acceptors (Lipinski definition) is 5. The molecule has 3 N–H and O–H groups in total. The second-order valence-corrected chi connectivity index (χ2v) is 4.94. The van der Waals surface area contributed by atoms with E-state index in [1.54, 1.807) is 12.1 Å². The van der Waals surface area contributed by atoms with Crippen LogP contribution in [0.3, 0.4) is 0 Å². The number of rotatable bonds is 2. The fourth-order valence-electron chi connectivity index (χ4n) is 1.18. The Kier molecular flexibility index (Phi) is 3.87. The first-order valence-electron chi connectivity index (χ1n) is 4.79. The van der Waals surface area contributed by atoms with E-state index in [1.165, 1.54) is 0 Å². The van der Waals surface area contributed by atoms with Gasteiger partial charge in [0, 0.05) is 3.57 Å². The van der Waals surface area contributed by atoms with Gasteiger partial charge in [-0.25, -0.2) is 0 Å². The van der Waals surface area contributed by atoms with E-state index >= 15 is 0 Å². The Morgan fingerprint density at radius 2 is 1.83 bits per heavy atom. The van der Waals surface area contributed by atoms with Crippen molar-refractivity contribution in [3.63, 3.8) is 0 Å². The second kappa shape index (κ2) is 5.40. The van der Waals surface area contributed by atoms with Crippen LogP contribution in [-0.4, -0.2) is 15.1 Å². The molecule has 0 amide bonds. The average Bonchev–Trinajstić information content (AvgIpc) is 2.30. The van der Waals surface area contributed by atoms with Gasteiger partial charge in [0.2, 0.25) is 11.6 Å². The van der Waals surface area contributed by atoms with Crippen LogP contribution in [0.1, 0.15) is 0 Å². The van der Waals surface area contributed by atoms with Gasteiger partial charge in [0.15, 0.2) is 4.77 Å². The van der Waals surface area contributed by atoms with E-state index in [4.69, 9.17) is 12.2 Å². The van der Waals surface area contributed by atoms with Crippen molar-refractivity contribution < 1.29 is 5.11 Å². The molecule has 2 aromatic rings. The molecule has 1 aromatic carbocycles. The van der Waals surface area contributed by atoms with Crippen molar-refractivity contribution in [3.8, 4) is 5.88 Å². The van der Waals surface area contributed by atoms with E-state index in [9.17, 15) is 9.90 Å². The molecule has 0 spiro atoms. The molecule has 0 fully saturated rings. The van der Waals surface area contributed by atoms with E-state index in [0.717, 1.165) is 3.57 Å². The third-order valence-corrected chi connectivity index (χ3v) is 2.91. The van der Waals surface area contributed by atoms with Crippen molar-refractivity contribution in [2.75, 3.05) is 0 Å². The van der Waals surface area contributed by atoms with E-state index < -0.39 is 11.4 Å². The van der Waals surface area contributed by atoms with Crippen molar-refractivity contribution in [2.24, 2.45) is 10.2 Å². The lowest BCUT2D eigenvalue weighted by Crippen LogP contribution is -2.06. The molecule has 18 heavy (non-hydrogen) atoms. The standard InChI is InChI=1S/C10H7IN4O2S/c11-5-1-3-6(4-2-5)14-15-7-8(16)12-10(18)13-9(7)17/h1-4H,(H3,12,13,16,17,18). The van der Waals surface area contributed by atoms with Gasteiger partial charge in [-0.15, -0.1) is 5.11 Å². The molecule has 0 saturated carbocycles. The molecule has 6 nitrogen and oxygen atoms in total. The van der Waals surface area contributed by atoms with Crippen LogP contribution in [0.15, 0.2) is 39.3 Å². The molecule has 0 aliphatic heterocycles. The van der Waals surface area contributed by atoms with Crippen LogP contribution in [0.5, 0.6) is 5.88 Å². The van der Waals surface area contributed by atoms with Gasteiger partial charge >= 0.3 is 0 Å². The van der Waals surface area contributed by atoms with Crippen molar-refractivity contribution in [2.45, 2.75) is 0 Å². The van der Waals surface area contributed by atoms with Gasteiger partial charge in [0.25, 0.3) is 5.56 Å². The Morgan fingerprint density at radius 1 is 1.17 bits per heavy atom. The number of benzene rings is 1. The maximum Gasteiger partial charge on any atom is 0.283 e. The van der Waals surface area contributed by atoms with E-state index in [-0.39, 0.29) is 10.5 Å². The number of halogens is 1. The summed E-state index contributed by atoms with van der Waals surface area (Å²) >= 11 is 6.86. The van der Waals surface area contributed by atoms with Gasteiger partial charge in [-0.2, -0.15) is 5.11 Å². The lowest BCUT2D eigenvalue weighted by atomic mass is 10.3. The highest BCUT2D eigenvalue weighted by molar-refractivity contribution is 14.1. The van der Waals surface area contributed by atoms with Crippen LogP contribution in [0.25, 0.3) is 0 Å². The number of hydrogen-bond donors (Lipinski definition) is 3. The summed E-state index contributed by atoms with van der Waals surface area (Å²) < 4.78 is 1.10. The van der Waals surface area contributed by atoms with Crippen LogP contribution < -0.4 is 5.56 Å². The van der Waals surface area contributed by atoms with E-state index in [2.05, 4.69) is 42.8 Å². The first-order valence-corrected chi connectivity index (χ1v) is 6.28. The fraction of sp³-hybridized carbons (Fsp3) is 0. The maximum atomic E-state index is 11.5. The molecule has 0 bridgehead atoms. The van der Waals surface area contributed by atoms with Gasteiger partial charge in [-0.05, 0) is 59.1 Å². The average molecular weight is 374 g/mol. The minimum absolute atomic E-state index is 0.0331. The van der Waals surface area contributed by atoms with Gasteiger partial charge < -0.3 is 10.1 Å². The summed E-state index contributed by atoms with van der Waals surface area (Å²) in [5.74, 6) is -0.405. The van der Waals surface area contributed by atoms with Gasteiger partial charge in [0.1, 0.15) is 0 Å². The molecule has 0 unspecified atom stereocenters. The predicted molar refractivity (Wildman–Crippen MR) is 77.2 cm³/mol. The minimum atomic E-state index is -0.592. The first kappa shape index (κ1) is 12.9. The summed E-state index contributed by atoms with van der Waals surface area (Å²) in [4.78, 5) is 16.2. The molecular formula is C10H7IN4O2S. The first-order chi connectivity index (χ1) is 8.56. The van der Waals surface area contributed by atoms with Crippen LogP contribution in [0.4, 0.5) is 11.4 Å². The highest BCUT2D eigenvalue weighted by Gasteiger charge is 2.05. The largest absolute Gasteiger partial charge is 0.493 e. The van der Waals surface area contributed by atoms with Crippen molar-refractivity contribution >= 4 is 46.2 Å². The SMILES string of the molecule is O=c1[nH]c(=S)[nH]c(O)c1N=Nc1ccc(I)cc1. The zero-order valence-corrected chi connectivity index (χ0v) is 11.8. The highest BCUT2D eigenvalue weighted by atomic mass is 127. The third kappa shape index (κ3) is 3.01. The Balaban J connectivity index is 2.38. The molecule has 0 atom stereocenters. The normalized spacial score (nSPS) is 10.9. The molecule has 1 heterocycles. The zero-order valence-electron chi connectivity index (χ0n) is 8.85. The third-order valence-electron chi connectivity index (χ3n) is 1.99. The number of H-pyrrole nitrogens is 2. The minimum Gasteiger partial charge on any atom is -0.493 e. The summed E-state index contributed by atoms with van der Waals surface area (Å²) in [6.45, 7) is 0. The molecule has 0 saturated heterocycles. The summed E-state index contributed by atoms with van der Waals surface area (Å²) in [6, 6.07) is 7.22. The topological polar surface area (TPSA) is 93.6 Å². The Hall–Kier alpha value is -1.55. The van der Waals surface area contributed by atoms with Crippen LogP contribution in [-0.2, 0) is 0 Å². The lowest BCUT2D eigenvalue weighted by molar-refractivity contribution is 0.451. The molecule has 2 rings (SSSR count). The monoisotopic (exact) mass is 374 g/mol. The van der Waals surface area contributed by atoms with Gasteiger partial charge in [0.05, 0.1) is 5.69 Å². The molecule has 1 aromatic heterocycles. The number of azo groups is 1. The number of aromatic nitrogens is 2. The van der Waals surface area contributed by atoms with Gasteiger partial charge in [-0.3, -0.25) is 9.78 Å². The molecule has 0 aliphatic carbocycles. The van der Waals surface area contributed by atoms with Gasteiger partial charge in [-0.1, -0.05) is 0 Å². The summed E-state index contributed by atoms with van der Waals surface area (Å²) in [5.41, 5.74) is -0.218. The number of aromatic amines is 2. The van der Waals surface area contributed by atoms with Crippen LogP contribution in [0, 0.1) is 8.34 Å². The van der Waals surface area contributed by atoms with Crippen molar-refractivity contribution in [3.05, 3.63) is 43.0 Å². The van der Waals surface area contributed by atoms with E-state index in [1.807, 2.05) is 12.1 Å². The highest BCUT2D eigenvalue weighted by Crippen LogP contribution is 2.21. The number of nitrogens with one attached hydrogen (secondary N) is 2. The smallest absolute Gasteiger partial charge is 0.283 e. The molecular weight excluding hydrogens is 367 g/mol. The Bertz CT molecular complexity index is 705. The number of aromatic hydroxyl groups is 1. The maximum absolute atomic E-state index is 11.5. The number of nitrogens with zero attached hydrogens (tertiary/aromatic N) is 2. The van der Waals surface area contributed by atoms with E-state index in [0.29, 0.717) is 5.69 Å². The Morgan fingerprint density at radius 3 is 2.44 bits per heavy atom. The zero-order chi connectivity index (χ0) is 13.1. The Labute approximate surface area is 120 Å². The molecule has 8 heteroatoms. The predicted octanol–water partition coefficient (Wildman–Crippen LogP) is 3.16. The summed E-state index contributed by atoms with van der Waals surface area (Å²) in [7, 11) is 0. The molecule has 0 aliphatic rings. The fourth-order valence-corrected chi connectivity index (χ4v) is 1.73. The van der Waals surface area contributed by atoms with Crippen molar-refractivity contribution in [1.82, 2.24) is 9.97 Å². The summed E-state index contributed by atoms with van der Waals surface area (Å²) in [5, 5.41) is 17.1. The molecule has 92 valence electrons. The second-order valence-electron chi connectivity index (χ2n) is 3.28. The lowest BCUT2D eigenvalue weighted by Gasteiger charge is -1.96.